The number of aryl methyl sites for hydroxylation is 7. The number of aromatic nitrogens is 10. The molecule has 7 heterocycles. The zero-order valence-corrected chi connectivity index (χ0v) is 50.5. The zero-order valence-electron chi connectivity index (χ0n) is 49.7. The van der Waals surface area contributed by atoms with Gasteiger partial charge in [-0.05, 0) is 184 Å². The predicted molar refractivity (Wildman–Crippen MR) is 314 cm³/mol. The molecule has 0 atom stereocenters. The van der Waals surface area contributed by atoms with Crippen molar-refractivity contribution in [1.82, 2.24) is 49.9 Å². The quantitative estimate of drug-likeness (QED) is 0.153. The summed E-state index contributed by atoms with van der Waals surface area (Å²) >= 11 is 1.77. The summed E-state index contributed by atoms with van der Waals surface area (Å²) in [5, 5.41) is 19.6. The van der Waals surface area contributed by atoms with Crippen molar-refractivity contribution in [2.45, 2.75) is 194 Å². The molecule has 0 unspecified atom stereocenters. The van der Waals surface area contributed by atoms with Gasteiger partial charge in [0, 0.05) is 72.9 Å². The minimum absolute atomic E-state index is 0.428. The number of hydrogen-bond acceptors (Lipinski definition) is 10. The lowest BCUT2D eigenvalue weighted by atomic mass is 9.98. The molecular weight excluding hydrogens is 933 g/mol. The fourth-order valence-electron chi connectivity index (χ4n) is 6.41. The molecule has 7 aromatic heterocycles. The predicted octanol–water partition coefficient (Wildman–Crippen LogP) is 17.2. The first kappa shape index (κ1) is 65.9. The van der Waals surface area contributed by atoms with E-state index in [-0.39, 0.29) is 0 Å². The molecule has 8 rings (SSSR count). The number of pyridine rings is 2. The van der Waals surface area contributed by atoms with Gasteiger partial charge >= 0.3 is 0 Å². The third kappa shape index (κ3) is 25.7. The fourth-order valence-corrected chi connectivity index (χ4v) is 7.24. The van der Waals surface area contributed by atoms with Gasteiger partial charge in [0.25, 0.3) is 0 Å². The van der Waals surface area contributed by atoms with Gasteiger partial charge in [-0.3, -0.25) is 19.3 Å². The maximum Gasteiger partial charge on any atom is 0.136 e. The van der Waals surface area contributed by atoms with Gasteiger partial charge in [0.1, 0.15) is 12.1 Å². The van der Waals surface area contributed by atoms with Gasteiger partial charge in [-0.25, -0.2) is 9.97 Å². The van der Waals surface area contributed by atoms with Crippen LogP contribution in [0.1, 0.15) is 217 Å². The van der Waals surface area contributed by atoms with Crippen LogP contribution in [0.5, 0.6) is 0 Å². The third-order valence-electron chi connectivity index (χ3n) is 12.2. The van der Waals surface area contributed by atoms with Crippen molar-refractivity contribution >= 4 is 11.3 Å². The number of thiophene rings is 1. The average molecular weight is 1030 g/mol. The van der Waals surface area contributed by atoms with Crippen molar-refractivity contribution < 1.29 is 4.52 Å². The molecule has 8 aromatic rings. The minimum Gasteiger partial charge on any atom is -0.361 e. The van der Waals surface area contributed by atoms with Crippen LogP contribution in [0.4, 0.5) is 0 Å². The van der Waals surface area contributed by atoms with E-state index in [2.05, 4.69) is 218 Å². The van der Waals surface area contributed by atoms with E-state index in [9.17, 15) is 0 Å². The standard InChI is InChI=1S/C11H16.C10H15N.C9H13N.C7H10N2.C7H12N2.C7H10S.C6H9NO.C5H9N3/c1-8(2)11-6-5-9(3)10(4)7-11;1-7(2)10-5-6-11-9(4)8(10)3;1-7(2)9-5-4-8(3)10-6-9;1-6(2)7-3-8-5-9-4-7;1-6(2)7-4-5-8-9(7)3;1-6(2)7-3-4-8-5-7;1-4-5(2)7-8-6(4)3;1-5(2)8-4-3-6-7-8/h5-8H,1-4H3;5-7H,1-4H3;4-7H,1-3H3;3-6H,1-2H3;4-6H,1-3H3;3-6H,1-2H3;1-3H3;3-5H,1-2H3. The van der Waals surface area contributed by atoms with Crippen molar-refractivity contribution in [2.75, 3.05) is 0 Å². The molecule has 0 radical (unpaired) electrons. The highest BCUT2D eigenvalue weighted by atomic mass is 32.1. The monoisotopic (exact) mass is 1030 g/mol. The topological polar surface area (TPSA) is 126 Å². The number of rotatable bonds is 7. The summed E-state index contributed by atoms with van der Waals surface area (Å²) in [4.78, 5) is 16.2. The van der Waals surface area contributed by atoms with E-state index in [1.165, 1.54) is 50.2 Å². The normalized spacial score (nSPS) is 10.4. The molecule has 0 saturated heterocycles. The summed E-state index contributed by atoms with van der Waals surface area (Å²) in [5.74, 6) is 4.58. The van der Waals surface area contributed by atoms with Crippen molar-refractivity contribution in [3.8, 4) is 0 Å². The molecule has 0 saturated carbocycles. The Kier molecular flexibility index (Phi) is 31.3. The Morgan fingerprint density at radius 3 is 1.46 bits per heavy atom. The van der Waals surface area contributed by atoms with Crippen molar-refractivity contribution in [3.63, 3.8) is 0 Å². The van der Waals surface area contributed by atoms with E-state index in [4.69, 9.17) is 4.52 Å². The lowest BCUT2D eigenvalue weighted by Gasteiger charge is -2.10. The number of benzene rings is 1. The van der Waals surface area contributed by atoms with E-state index < -0.39 is 0 Å². The zero-order chi connectivity index (χ0) is 56.1. The maximum absolute atomic E-state index is 4.84. The van der Waals surface area contributed by atoms with Crippen molar-refractivity contribution in [2.24, 2.45) is 7.05 Å². The summed E-state index contributed by atoms with van der Waals surface area (Å²) in [6, 6.07) is 17.6. The van der Waals surface area contributed by atoms with E-state index >= 15 is 0 Å². The molecule has 12 heteroatoms. The van der Waals surface area contributed by atoms with E-state index in [0.29, 0.717) is 41.5 Å². The Labute approximate surface area is 452 Å². The van der Waals surface area contributed by atoms with Crippen LogP contribution >= 0.6 is 11.3 Å². The molecule has 404 valence electrons. The largest absolute Gasteiger partial charge is 0.361 e. The second kappa shape index (κ2) is 35.1. The van der Waals surface area contributed by atoms with Gasteiger partial charge in [0.2, 0.25) is 0 Å². The van der Waals surface area contributed by atoms with Gasteiger partial charge < -0.3 is 4.52 Å². The molecule has 0 spiro atoms. The first-order chi connectivity index (χ1) is 34.8. The third-order valence-corrected chi connectivity index (χ3v) is 12.9. The first-order valence-electron chi connectivity index (χ1n) is 26.2. The van der Waals surface area contributed by atoms with Crippen molar-refractivity contribution in [1.29, 1.82) is 0 Å². The summed E-state index contributed by atoms with van der Waals surface area (Å²) in [6.45, 7) is 46.7. The smallest absolute Gasteiger partial charge is 0.136 e. The van der Waals surface area contributed by atoms with Crippen LogP contribution in [0.3, 0.4) is 0 Å². The first-order valence-corrected chi connectivity index (χ1v) is 27.1. The second-order valence-electron chi connectivity index (χ2n) is 20.6. The Morgan fingerprint density at radius 2 is 1.14 bits per heavy atom. The Balaban J connectivity index is 0.000000424. The average Bonchev–Trinajstić information content (AvgIpc) is 4.22. The molecular formula is C62H94N10OS. The van der Waals surface area contributed by atoms with Gasteiger partial charge in [-0.2, -0.15) is 16.4 Å². The van der Waals surface area contributed by atoms with Crippen LogP contribution in [-0.4, -0.2) is 49.9 Å². The maximum atomic E-state index is 4.84. The fraction of sp³-hybridized carbons (Fsp3) is 0.484. The Bertz CT molecular complexity index is 2580. The van der Waals surface area contributed by atoms with Crippen LogP contribution < -0.4 is 0 Å². The van der Waals surface area contributed by atoms with E-state index in [1.54, 1.807) is 28.5 Å². The minimum atomic E-state index is 0.428. The highest BCUT2D eigenvalue weighted by Crippen LogP contribution is 2.20. The van der Waals surface area contributed by atoms with Crippen LogP contribution in [0.15, 0.2) is 114 Å². The highest BCUT2D eigenvalue weighted by molar-refractivity contribution is 7.08. The molecule has 0 aliphatic heterocycles. The molecule has 1 aromatic carbocycles. The molecule has 74 heavy (non-hydrogen) atoms. The van der Waals surface area contributed by atoms with Gasteiger partial charge in [0.15, 0.2) is 0 Å². The lowest BCUT2D eigenvalue weighted by Crippen LogP contribution is -2.00. The molecule has 11 nitrogen and oxygen atoms in total. The number of hydrogen-bond donors (Lipinski definition) is 0. The summed E-state index contributed by atoms with van der Waals surface area (Å²) in [7, 11) is 1.97. The van der Waals surface area contributed by atoms with E-state index in [0.717, 1.165) is 28.4 Å². The van der Waals surface area contributed by atoms with Crippen LogP contribution in [0.2, 0.25) is 0 Å². The van der Waals surface area contributed by atoms with Crippen molar-refractivity contribution in [3.05, 3.63) is 188 Å². The summed E-state index contributed by atoms with van der Waals surface area (Å²) < 4.78 is 8.56. The van der Waals surface area contributed by atoms with Crippen LogP contribution in [0.25, 0.3) is 0 Å². The number of nitrogens with zero attached hydrogens (tertiary/aromatic N) is 10. The summed E-state index contributed by atoms with van der Waals surface area (Å²) in [6.07, 6.45) is 14.4. The second-order valence-corrected chi connectivity index (χ2v) is 21.4. The lowest BCUT2D eigenvalue weighted by molar-refractivity contribution is 0.392. The van der Waals surface area contributed by atoms with Crippen LogP contribution in [0, 0.1) is 55.4 Å². The Hall–Kier alpha value is -6.14. The van der Waals surface area contributed by atoms with Gasteiger partial charge in [-0.15, -0.1) is 5.10 Å². The van der Waals surface area contributed by atoms with Gasteiger partial charge in [0.05, 0.1) is 11.9 Å². The van der Waals surface area contributed by atoms with E-state index in [1.807, 2.05) is 82.7 Å². The summed E-state index contributed by atoms with van der Waals surface area (Å²) in [5.41, 5.74) is 16.6. The van der Waals surface area contributed by atoms with Gasteiger partial charge in [-0.1, -0.05) is 118 Å². The molecule has 0 aliphatic rings. The highest BCUT2D eigenvalue weighted by Gasteiger charge is 2.05. The molecule has 0 bridgehead atoms. The van der Waals surface area contributed by atoms with Crippen LogP contribution in [-0.2, 0) is 7.05 Å². The molecule has 0 aliphatic carbocycles. The molecule has 0 fully saturated rings. The Morgan fingerprint density at radius 1 is 0.527 bits per heavy atom. The molecule has 0 amide bonds. The molecule has 0 N–H and O–H groups in total. The SMILES string of the molecule is CC(C)c1ccnn1C.CC(C)c1ccsc1.CC(C)c1cncnc1.CC(C)n1ccnn1.Cc1ccc(C(C)C)cc1C.Cc1ccc(C(C)C)cn1.Cc1nccc(C(C)C)c1C.Cc1noc(C)c1C.